The molecule has 1 rings (SSSR count). The zero-order valence-electron chi connectivity index (χ0n) is 7.41. The number of nitrogens with zero attached hydrogens (tertiary/aromatic N) is 1. The Morgan fingerprint density at radius 2 is 2.23 bits per heavy atom. The normalized spacial score (nSPS) is 11.5. The van der Waals surface area contributed by atoms with E-state index in [2.05, 4.69) is 5.16 Å². The molecule has 0 spiro atoms. The summed E-state index contributed by atoms with van der Waals surface area (Å²) in [6.45, 7) is 1.58. The number of methoxy groups -OCH3 is 1. The number of oxime groups is 1. The summed E-state index contributed by atoms with van der Waals surface area (Å²) in [5.41, 5.74) is 0.891. The molecule has 70 valence electrons. The molecule has 1 N–H and O–H groups in total. The zero-order chi connectivity index (χ0) is 9.84. The fourth-order valence-corrected chi connectivity index (χ4v) is 0.949. The van der Waals surface area contributed by atoms with Gasteiger partial charge in [-0.05, 0) is 25.1 Å². The summed E-state index contributed by atoms with van der Waals surface area (Å²) in [7, 11) is 1.39. The molecule has 4 heteroatoms. The van der Waals surface area contributed by atoms with Crippen molar-refractivity contribution in [1.82, 2.24) is 0 Å². The van der Waals surface area contributed by atoms with E-state index in [0.717, 1.165) is 0 Å². The van der Waals surface area contributed by atoms with Crippen molar-refractivity contribution in [2.24, 2.45) is 5.16 Å². The maximum Gasteiger partial charge on any atom is 0.165 e. The first-order valence-corrected chi connectivity index (χ1v) is 3.71. The van der Waals surface area contributed by atoms with E-state index in [1.54, 1.807) is 13.0 Å². The van der Waals surface area contributed by atoms with E-state index in [-0.39, 0.29) is 5.75 Å². The quantitative estimate of drug-likeness (QED) is 0.433. The summed E-state index contributed by atoms with van der Waals surface area (Å²) in [5.74, 6) is -0.294. The van der Waals surface area contributed by atoms with E-state index in [1.165, 1.54) is 19.2 Å². The standard InChI is InChI=1S/C9H10FNO2/c1-6(11-12)7-3-4-9(13-2)8(10)5-7/h3-5,12H,1-2H3/b11-6-. The first-order chi connectivity index (χ1) is 6.19. The van der Waals surface area contributed by atoms with Crippen LogP contribution in [0.1, 0.15) is 12.5 Å². The Bertz CT molecular complexity index is 336. The molecule has 1 aromatic rings. The molecule has 0 unspecified atom stereocenters. The predicted octanol–water partition coefficient (Wildman–Crippen LogP) is 2.03. The monoisotopic (exact) mass is 183 g/mol. The number of hydrogen-bond donors (Lipinski definition) is 1. The van der Waals surface area contributed by atoms with Gasteiger partial charge in [-0.2, -0.15) is 0 Å². The lowest BCUT2D eigenvalue weighted by Crippen LogP contribution is -1.96. The SMILES string of the molecule is COc1ccc(/C(C)=N\O)cc1F. The molecular weight excluding hydrogens is 173 g/mol. The lowest BCUT2D eigenvalue weighted by atomic mass is 10.1. The fraction of sp³-hybridized carbons (Fsp3) is 0.222. The van der Waals surface area contributed by atoms with Gasteiger partial charge in [-0.1, -0.05) is 5.16 Å². The van der Waals surface area contributed by atoms with Gasteiger partial charge in [0.2, 0.25) is 0 Å². The van der Waals surface area contributed by atoms with Crippen LogP contribution in [-0.2, 0) is 0 Å². The predicted molar refractivity (Wildman–Crippen MR) is 46.9 cm³/mol. The average Bonchev–Trinajstić information content (AvgIpc) is 2.16. The Morgan fingerprint density at radius 3 is 2.69 bits per heavy atom. The van der Waals surface area contributed by atoms with Crippen molar-refractivity contribution in [2.45, 2.75) is 6.92 Å². The molecule has 0 fully saturated rings. The fourth-order valence-electron chi connectivity index (χ4n) is 0.949. The molecule has 0 heterocycles. The van der Waals surface area contributed by atoms with Gasteiger partial charge in [-0.15, -0.1) is 0 Å². The number of benzene rings is 1. The minimum atomic E-state index is -0.469. The first kappa shape index (κ1) is 9.51. The lowest BCUT2D eigenvalue weighted by Gasteiger charge is -2.03. The van der Waals surface area contributed by atoms with Gasteiger partial charge in [-0.25, -0.2) is 4.39 Å². The summed E-state index contributed by atoms with van der Waals surface area (Å²) in [5, 5.41) is 11.4. The van der Waals surface area contributed by atoms with E-state index in [4.69, 9.17) is 9.94 Å². The third-order valence-electron chi connectivity index (χ3n) is 1.72. The molecule has 1 aromatic carbocycles. The van der Waals surface area contributed by atoms with E-state index in [0.29, 0.717) is 11.3 Å². The van der Waals surface area contributed by atoms with Crippen LogP contribution in [0.25, 0.3) is 0 Å². The number of hydrogen-bond acceptors (Lipinski definition) is 3. The second kappa shape index (κ2) is 3.89. The molecule has 13 heavy (non-hydrogen) atoms. The molecule has 0 bridgehead atoms. The largest absolute Gasteiger partial charge is 0.494 e. The Hall–Kier alpha value is -1.58. The topological polar surface area (TPSA) is 41.8 Å². The highest BCUT2D eigenvalue weighted by Crippen LogP contribution is 2.17. The van der Waals surface area contributed by atoms with Gasteiger partial charge in [0.1, 0.15) is 0 Å². The van der Waals surface area contributed by atoms with Crippen molar-refractivity contribution < 1.29 is 14.3 Å². The summed E-state index contributed by atoms with van der Waals surface area (Å²) >= 11 is 0. The lowest BCUT2D eigenvalue weighted by molar-refractivity contribution is 0.319. The van der Waals surface area contributed by atoms with Gasteiger partial charge in [0.25, 0.3) is 0 Å². The van der Waals surface area contributed by atoms with Gasteiger partial charge in [0.15, 0.2) is 11.6 Å². The summed E-state index contributed by atoms with van der Waals surface area (Å²) in [4.78, 5) is 0. The number of rotatable bonds is 2. The van der Waals surface area contributed by atoms with Gasteiger partial charge in [0.05, 0.1) is 12.8 Å². The highest BCUT2D eigenvalue weighted by molar-refractivity contribution is 5.98. The molecule has 0 radical (unpaired) electrons. The van der Waals surface area contributed by atoms with Crippen molar-refractivity contribution in [3.63, 3.8) is 0 Å². The van der Waals surface area contributed by atoms with Crippen LogP contribution in [0.5, 0.6) is 5.75 Å². The highest BCUT2D eigenvalue weighted by Gasteiger charge is 2.04. The van der Waals surface area contributed by atoms with E-state index < -0.39 is 5.82 Å². The zero-order valence-corrected chi connectivity index (χ0v) is 7.41. The number of halogens is 1. The first-order valence-electron chi connectivity index (χ1n) is 3.71. The Morgan fingerprint density at radius 1 is 1.54 bits per heavy atom. The summed E-state index contributed by atoms with van der Waals surface area (Å²) in [6.07, 6.45) is 0. The van der Waals surface area contributed by atoms with E-state index in [9.17, 15) is 4.39 Å². The van der Waals surface area contributed by atoms with Gasteiger partial charge in [0, 0.05) is 5.56 Å². The maximum absolute atomic E-state index is 13.1. The third kappa shape index (κ3) is 1.96. The van der Waals surface area contributed by atoms with Crippen molar-refractivity contribution >= 4 is 5.71 Å². The minimum absolute atomic E-state index is 0.175. The summed E-state index contributed by atoms with van der Waals surface area (Å²) < 4.78 is 17.8. The molecule has 0 amide bonds. The van der Waals surface area contributed by atoms with Crippen molar-refractivity contribution in [3.8, 4) is 5.75 Å². The molecule has 0 aliphatic heterocycles. The average molecular weight is 183 g/mol. The van der Waals surface area contributed by atoms with Crippen molar-refractivity contribution in [2.75, 3.05) is 7.11 Å². The van der Waals surface area contributed by atoms with E-state index in [1.807, 2.05) is 0 Å². The van der Waals surface area contributed by atoms with Crippen LogP contribution < -0.4 is 4.74 Å². The Kier molecular flexibility index (Phi) is 2.84. The van der Waals surface area contributed by atoms with Crippen LogP contribution in [-0.4, -0.2) is 18.0 Å². The van der Waals surface area contributed by atoms with Crippen molar-refractivity contribution in [1.29, 1.82) is 0 Å². The molecule has 0 atom stereocenters. The molecule has 3 nitrogen and oxygen atoms in total. The third-order valence-corrected chi connectivity index (χ3v) is 1.72. The molecule has 0 aromatic heterocycles. The maximum atomic E-state index is 13.1. The smallest absolute Gasteiger partial charge is 0.165 e. The second-order valence-electron chi connectivity index (χ2n) is 2.53. The molecule has 0 aliphatic carbocycles. The van der Waals surface area contributed by atoms with Gasteiger partial charge in [-0.3, -0.25) is 0 Å². The van der Waals surface area contributed by atoms with Gasteiger partial charge < -0.3 is 9.94 Å². The highest BCUT2D eigenvalue weighted by atomic mass is 19.1. The van der Waals surface area contributed by atoms with Crippen LogP contribution in [0.2, 0.25) is 0 Å². The molecular formula is C9H10FNO2. The van der Waals surface area contributed by atoms with Crippen LogP contribution in [0.3, 0.4) is 0 Å². The van der Waals surface area contributed by atoms with Crippen LogP contribution in [0.15, 0.2) is 23.4 Å². The van der Waals surface area contributed by atoms with Crippen LogP contribution in [0, 0.1) is 5.82 Å². The molecule has 0 saturated carbocycles. The molecule has 0 saturated heterocycles. The van der Waals surface area contributed by atoms with Crippen LogP contribution >= 0.6 is 0 Å². The molecule has 0 aliphatic rings. The van der Waals surface area contributed by atoms with E-state index >= 15 is 0 Å². The summed E-state index contributed by atoms with van der Waals surface area (Å²) in [6, 6.07) is 4.37. The van der Waals surface area contributed by atoms with Gasteiger partial charge >= 0.3 is 0 Å². The Balaban J connectivity index is 3.10. The Labute approximate surface area is 75.4 Å². The number of ether oxygens (including phenoxy) is 1. The van der Waals surface area contributed by atoms with Crippen LogP contribution in [0.4, 0.5) is 4.39 Å². The second-order valence-corrected chi connectivity index (χ2v) is 2.53. The minimum Gasteiger partial charge on any atom is -0.494 e. The van der Waals surface area contributed by atoms with Crippen molar-refractivity contribution in [3.05, 3.63) is 29.6 Å².